The van der Waals surface area contributed by atoms with E-state index in [4.69, 9.17) is 0 Å². The first-order chi connectivity index (χ1) is 7.77. The van der Waals surface area contributed by atoms with Crippen LogP contribution in [0.3, 0.4) is 0 Å². The Labute approximate surface area is 118 Å². The normalized spacial score (nSPS) is 26.6. The minimum Gasteiger partial charge on any atom is -0.183 e. The first kappa shape index (κ1) is 13.9. The first-order valence-corrected chi connectivity index (χ1v) is 12.0. The lowest BCUT2D eigenvalue weighted by Crippen LogP contribution is -2.23. The maximum absolute atomic E-state index is 4.17. The molecule has 16 heavy (non-hydrogen) atoms. The summed E-state index contributed by atoms with van der Waals surface area (Å²) in [4.78, 5) is 0. The molecule has 0 nitrogen and oxygen atoms in total. The zero-order valence-corrected chi connectivity index (χ0v) is 13.8. The molecule has 94 valence electrons. The molecule has 2 heterocycles. The van der Waals surface area contributed by atoms with Gasteiger partial charge in [0.1, 0.15) is 0 Å². The van der Waals surface area contributed by atoms with Gasteiger partial charge in [-0.1, -0.05) is 12.0 Å². The highest BCUT2D eigenvalue weighted by Crippen LogP contribution is 2.69. The standard InChI is InChI=1S/C11H20S5/c1-3-16(2,10-12-6-4-7-13-10)11-14-8-5-9-15-11/h3,10-11H,1,4-9H2,2H3. The van der Waals surface area contributed by atoms with Crippen LogP contribution in [0.5, 0.6) is 0 Å². The number of hydrogen-bond acceptors (Lipinski definition) is 4. The van der Waals surface area contributed by atoms with Gasteiger partial charge in [0, 0.05) is 0 Å². The molecule has 0 aliphatic carbocycles. The van der Waals surface area contributed by atoms with Gasteiger partial charge in [-0.2, -0.15) is 10.0 Å². The molecular formula is C11H20S5. The largest absolute Gasteiger partial charge is 0.183 e. The van der Waals surface area contributed by atoms with Crippen LogP contribution >= 0.6 is 57.1 Å². The Kier molecular flexibility index (Phi) is 5.74. The Morgan fingerprint density at radius 2 is 1.31 bits per heavy atom. The molecule has 0 saturated carbocycles. The molecule has 0 aromatic heterocycles. The van der Waals surface area contributed by atoms with Crippen LogP contribution in [0.15, 0.2) is 12.0 Å². The van der Waals surface area contributed by atoms with Crippen LogP contribution in [-0.4, -0.2) is 37.1 Å². The quantitative estimate of drug-likeness (QED) is 0.728. The van der Waals surface area contributed by atoms with E-state index in [1.807, 2.05) is 0 Å². The monoisotopic (exact) mass is 312 g/mol. The Balaban J connectivity index is 2.06. The summed E-state index contributed by atoms with van der Waals surface area (Å²) in [6.45, 7) is 4.17. The van der Waals surface area contributed by atoms with Crippen molar-refractivity contribution >= 4 is 57.1 Å². The van der Waals surface area contributed by atoms with E-state index in [1.54, 1.807) is 0 Å². The van der Waals surface area contributed by atoms with Crippen molar-refractivity contribution in [2.75, 3.05) is 29.3 Å². The van der Waals surface area contributed by atoms with Gasteiger partial charge in [-0.25, -0.2) is 0 Å². The van der Waals surface area contributed by atoms with Crippen LogP contribution in [-0.2, 0) is 0 Å². The average molecular weight is 313 g/mol. The third kappa shape index (κ3) is 3.08. The van der Waals surface area contributed by atoms with Crippen molar-refractivity contribution in [1.29, 1.82) is 0 Å². The molecule has 0 aromatic carbocycles. The molecule has 2 aliphatic heterocycles. The molecule has 0 spiro atoms. The molecule has 0 atom stereocenters. The molecule has 2 fully saturated rings. The number of thioether (sulfide) groups is 4. The van der Waals surface area contributed by atoms with Gasteiger partial charge in [-0.05, 0) is 42.1 Å². The summed E-state index contributed by atoms with van der Waals surface area (Å²) in [7, 11) is -0.665. The number of hydrogen-bond donors (Lipinski definition) is 0. The first-order valence-electron chi connectivity index (χ1n) is 5.62. The fraction of sp³-hybridized carbons (Fsp3) is 0.818. The van der Waals surface area contributed by atoms with E-state index in [2.05, 4.69) is 65.3 Å². The Morgan fingerprint density at radius 1 is 0.938 bits per heavy atom. The fourth-order valence-corrected chi connectivity index (χ4v) is 15.5. The average Bonchev–Trinajstić information content (AvgIpc) is 2.40. The van der Waals surface area contributed by atoms with E-state index >= 15 is 0 Å². The molecule has 0 amide bonds. The molecule has 2 rings (SSSR count). The summed E-state index contributed by atoms with van der Waals surface area (Å²) in [5, 5.41) is 2.32. The minimum atomic E-state index is -0.665. The van der Waals surface area contributed by atoms with Crippen molar-refractivity contribution in [3.63, 3.8) is 0 Å². The summed E-state index contributed by atoms with van der Waals surface area (Å²) < 4.78 is 1.61. The smallest absolute Gasteiger partial charge is 0.0851 e. The van der Waals surface area contributed by atoms with Gasteiger partial charge in [0.15, 0.2) is 0 Å². The maximum atomic E-state index is 4.17. The molecule has 0 N–H and O–H groups in total. The Morgan fingerprint density at radius 3 is 1.62 bits per heavy atom. The van der Waals surface area contributed by atoms with Crippen LogP contribution in [0.2, 0.25) is 0 Å². The van der Waals surface area contributed by atoms with Gasteiger partial charge < -0.3 is 0 Å². The SMILES string of the molecule is C=CS(C)(C1SCCCS1)C1SCCCS1. The lowest BCUT2D eigenvalue weighted by atomic mass is 10.6. The van der Waals surface area contributed by atoms with E-state index < -0.39 is 10.0 Å². The predicted octanol–water partition coefficient (Wildman–Crippen LogP) is 4.87. The maximum Gasteiger partial charge on any atom is 0.0851 e. The van der Waals surface area contributed by atoms with Crippen LogP contribution < -0.4 is 0 Å². The molecule has 0 bridgehead atoms. The second-order valence-corrected chi connectivity index (χ2v) is 14.2. The number of rotatable bonds is 3. The molecule has 0 unspecified atom stereocenters. The third-order valence-electron chi connectivity index (χ3n) is 2.78. The summed E-state index contributed by atoms with van der Waals surface area (Å²) in [6, 6.07) is 0. The van der Waals surface area contributed by atoms with Crippen LogP contribution in [0.25, 0.3) is 0 Å². The van der Waals surface area contributed by atoms with Gasteiger partial charge in [0.05, 0.1) is 7.83 Å². The lowest BCUT2D eigenvalue weighted by Gasteiger charge is -2.47. The van der Waals surface area contributed by atoms with Gasteiger partial charge in [-0.15, -0.1) is 47.0 Å². The molecule has 2 saturated heterocycles. The molecule has 0 aromatic rings. The van der Waals surface area contributed by atoms with Gasteiger partial charge in [0.25, 0.3) is 0 Å². The van der Waals surface area contributed by atoms with Gasteiger partial charge in [-0.3, -0.25) is 0 Å². The summed E-state index contributed by atoms with van der Waals surface area (Å²) in [6.07, 6.45) is 5.29. The summed E-state index contributed by atoms with van der Waals surface area (Å²) in [5.41, 5.74) is 0. The van der Waals surface area contributed by atoms with Gasteiger partial charge >= 0.3 is 0 Å². The van der Waals surface area contributed by atoms with Crippen LogP contribution in [0.4, 0.5) is 0 Å². The van der Waals surface area contributed by atoms with E-state index in [-0.39, 0.29) is 0 Å². The van der Waals surface area contributed by atoms with E-state index in [9.17, 15) is 0 Å². The molecule has 5 heteroatoms. The van der Waals surface area contributed by atoms with Crippen molar-refractivity contribution in [3.05, 3.63) is 12.0 Å². The second kappa shape index (κ2) is 6.60. The van der Waals surface area contributed by atoms with E-state index in [1.165, 1.54) is 35.9 Å². The minimum absolute atomic E-state index is 0.665. The highest BCUT2D eigenvalue weighted by atomic mass is 32.3. The van der Waals surface area contributed by atoms with Crippen molar-refractivity contribution in [2.24, 2.45) is 0 Å². The third-order valence-corrected chi connectivity index (χ3v) is 16.6. The molecular weight excluding hydrogens is 292 g/mol. The van der Waals surface area contributed by atoms with Crippen molar-refractivity contribution < 1.29 is 0 Å². The topological polar surface area (TPSA) is 0 Å². The fourth-order valence-electron chi connectivity index (χ4n) is 1.77. The van der Waals surface area contributed by atoms with E-state index in [0.717, 1.165) is 7.83 Å². The zero-order valence-electron chi connectivity index (χ0n) is 9.72. The molecule has 0 radical (unpaired) electrons. The highest BCUT2D eigenvalue weighted by Gasteiger charge is 2.37. The summed E-state index contributed by atoms with van der Waals surface area (Å²) in [5.74, 6) is 5.43. The van der Waals surface area contributed by atoms with Crippen LogP contribution in [0, 0.1) is 0 Å². The Hall–Kier alpha value is 1.49. The van der Waals surface area contributed by atoms with Crippen LogP contribution in [0.1, 0.15) is 12.8 Å². The zero-order chi connectivity index (χ0) is 11.4. The summed E-state index contributed by atoms with van der Waals surface area (Å²) >= 11 is 8.76. The van der Waals surface area contributed by atoms with Crippen molar-refractivity contribution in [3.8, 4) is 0 Å². The van der Waals surface area contributed by atoms with Crippen molar-refractivity contribution in [2.45, 2.75) is 20.7 Å². The van der Waals surface area contributed by atoms with Crippen molar-refractivity contribution in [1.82, 2.24) is 0 Å². The van der Waals surface area contributed by atoms with E-state index in [0.29, 0.717) is 0 Å². The Bertz CT molecular complexity index is 213. The predicted molar refractivity (Wildman–Crippen MR) is 90.4 cm³/mol. The second-order valence-electron chi connectivity index (χ2n) is 4.05. The molecule has 2 aliphatic rings. The lowest BCUT2D eigenvalue weighted by molar-refractivity contribution is 1.11. The highest BCUT2D eigenvalue weighted by molar-refractivity contribution is 8.57. The van der Waals surface area contributed by atoms with Gasteiger partial charge in [0.2, 0.25) is 0 Å².